The summed E-state index contributed by atoms with van der Waals surface area (Å²) in [4.78, 5) is 60.0. The smallest absolute Gasteiger partial charge is 0.271 e. The van der Waals surface area contributed by atoms with Gasteiger partial charge >= 0.3 is 0 Å². The van der Waals surface area contributed by atoms with Gasteiger partial charge < -0.3 is 31.2 Å². The molecule has 2 aromatic carbocycles. The van der Waals surface area contributed by atoms with Gasteiger partial charge in [0.1, 0.15) is 11.8 Å². The van der Waals surface area contributed by atoms with E-state index in [2.05, 4.69) is 15.6 Å². The number of benzene rings is 2. The summed E-state index contributed by atoms with van der Waals surface area (Å²) in [6.07, 6.45) is 6.21. The Morgan fingerprint density at radius 3 is 2.59 bits per heavy atom. The molecule has 0 bridgehead atoms. The first-order valence-electron chi connectivity index (χ1n) is 15.5. The summed E-state index contributed by atoms with van der Waals surface area (Å²) in [5.41, 5.74) is 7.97. The highest BCUT2D eigenvalue weighted by Gasteiger charge is 2.48. The molecule has 6 N–H and O–H groups in total. The molecule has 0 spiro atoms. The standard InChI is InChI=1S/C34H40ClN7O4/c1-38-33(45)29(9-5-8-21-6-3-2-4-7-21)40-32(44)27-20-41(17-23-18-42(19-26(23)27)34(46)28(37)12-13-36)31(43)14-22-16-39-30-15-24(35)10-11-25(22)30/h2-4,6-7,10-13,15-16,23,26-27,29,37,39H,5,8-9,14,17-20,36H2,1H3,(H,38,45)(H,40,44)/b13-12-,37-28?/t23?,26?,27?,29-/m0/s1. The molecule has 2 saturated heterocycles. The summed E-state index contributed by atoms with van der Waals surface area (Å²) in [5.74, 6) is -2.29. The number of rotatable bonds is 11. The number of aromatic amines is 1. The second-order valence-electron chi connectivity index (χ2n) is 12.0. The van der Waals surface area contributed by atoms with Gasteiger partial charge in [-0.15, -0.1) is 0 Å². The number of aryl methyl sites for hydroxylation is 1. The van der Waals surface area contributed by atoms with E-state index in [-0.39, 0.29) is 54.8 Å². The van der Waals surface area contributed by atoms with E-state index in [9.17, 15) is 19.2 Å². The molecule has 4 amide bonds. The number of nitrogens with two attached hydrogens (primary N) is 1. The van der Waals surface area contributed by atoms with Crippen molar-refractivity contribution in [2.45, 2.75) is 31.7 Å². The lowest BCUT2D eigenvalue weighted by atomic mass is 9.79. The van der Waals surface area contributed by atoms with E-state index in [0.29, 0.717) is 31.0 Å². The van der Waals surface area contributed by atoms with Crippen molar-refractivity contribution >= 4 is 51.8 Å². The van der Waals surface area contributed by atoms with Crippen molar-refractivity contribution < 1.29 is 19.2 Å². The SMILES string of the molecule is CNC(=O)[C@H](CCCc1ccccc1)NC(=O)C1CN(C(=O)Cc2c[nH]c3cc(Cl)ccc23)CC2CN(C(=O)C(=N)/C=C\N)CC21. The lowest BCUT2D eigenvalue weighted by Gasteiger charge is -2.40. The Balaban J connectivity index is 1.34. The van der Waals surface area contributed by atoms with Gasteiger partial charge in [0, 0.05) is 55.3 Å². The lowest BCUT2D eigenvalue weighted by Crippen LogP contribution is -2.56. The van der Waals surface area contributed by atoms with Crippen LogP contribution in [-0.4, -0.2) is 83.4 Å². The predicted molar refractivity (Wildman–Crippen MR) is 177 cm³/mol. The van der Waals surface area contributed by atoms with Gasteiger partial charge in [0.15, 0.2) is 0 Å². The number of hydrogen-bond acceptors (Lipinski definition) is 6. The maximum atomic E-state index is 14.0. The molecule has 2 aliphatic heterocycles. The second-order valence-corrected chi connectivity index (χ2v) is 12.5. The van der Waals surface area contributed by atoms with Crippen LogP contribution >= 0.6 is 11.6 Å². The molecule has 0 radical (unpaired) electrons. The van der Waals surface area contributed by atoms with Crippen LogP contribution < -0.4 is 16.4 Å². The summed E-state index contributed by atoms with van der Waals surface area (Å²) in [6.45, 7) is 1.11. The second kappa shape index (κ2) is 14.6. The zero-order valence-electron chi connectivity index (χ0n) is 25.8. The average molecular weight is 646 g/mol. The van der Waals surface area contributed by atoms with Gasteiger partial charge in [0.2, 0.25) is 17.7 Å². The number of carbonyl (C=O) groups is 4. The van der Waals surface area contributed by atoms with Gasteiger partial charge in [0.25, 0.3) is 5.91 Å². The van der Waals surface area contributed by atoms with Crippen molar-refractivity contribution in [3.63, 3.8) is 0 Å². The molecule has 2 aliphatic rings. The Kier molecular flexibility index (Phi) is 10.4. The zero-order chi connectivity index (χ0) is 32.8. The van der Waals surface area contributed by atoms with E-state index in [1.165, 1.54) is 6.08 Å². The minimum atomic E-state index is -0.745. The van der Waals surface area contributed by atoms with Crippen molar-refractivity contribution in [2.75, 3.05) is 33.2 Å². The molecular weight excluding hydrogens is 606 g/mol. The number of nitrogens with zero attached hydrogens (tertiary/aromatic N) is 2. The molecule has 3 aromatic rings. The van der Waals surface area contributed by atoms with Crippen molar-refractivity contribution in [1.29, 1.82) is 5.41 Å². The topological polar surface area (TPSA) is 164 Å². The van der Waals surface area contributed by atoms with Gasteiger partial charge in [0.05, 0.1) is 12.3 Å². The third kappa shape index (κ3) is 7.42. The molecular formula is C34H40ClN7O4. The highest BCUT2D eigenvalue weighted by Crippen LogP contribution is 2.36. The minimum absolute atomic E-state index is 0.127. The van der Waals surface area contributed by atoms with Gasteiger partial charge in [-0.3, -0.25) is 24.6 Å². The molecule has 0 aliphatic carbocycles. The van der Waals surface area contributed by atoms with Crippen LogP contribution in [0.1, 0.15) is 24.0 Å². The number of likely N-dealkylation sites (N-methyl/N-ethyl adjacent to an activating group) is 1. The average Bonchev–Trinajstić information content (AvgIpc) is 3.67. The third-order valence-corrected chi connectivity index (χ3v) is 9.34. The number of halogens is 1. The van der Waals surface area contributed by atoms with E-state index in [4.69, 9.17) is 22.7 Å². The molecule has 5 rings (SSSR count). The monoisotopic (exact) mass is 645 g/mol. The molecule has 2 fully saturated rings. The van der Waals surface area contributed by atoms with Crippen molar-refractivity contribution in [3.05, 3.63) is 83.2 Å². The first-order chi connectivity index (χ1) is 22.2. The first-order valence-corrected chi connectivity index (χ1v) is 15.9. The maximum Gasteiger partial charge on any atom is 0.271 e. The molecule has 3 unspecified atom stereocenters. The summed E-state index contributed by atoms with van der Waals surface area (Å²) in [6, 6.07) is 14.7. The van der Waals surface area contributed by atoms with Crippen LogP contribution in [0.5, 0.6) is 0 Å². The van der Waals surface area contributed by atoms with E-state index >= 15 is 0 Å². The Labute approximate surface area is 273 Å². The van der Waals surface area contributed by atoms with Gasteiger partial charge in [-0.2, -0.15) is 0 Å². The summed E-state index contributed by atoms with van der Waals surface area (Å²) >= 11 is 6.14. The van der Waals surface area contributed by atoms with Crippen molar-refractivity contribution in [1.82, 2.24) is 25.4 Å². The van der Waals surface area contributed by atoms with Crippen molar-refractivity contribution in [2.24, 2.45) is 23.5 Å². The van der Waals surface area contributed by atoms with Crippen LogP contribution in [0, 0.1) is 23.2 Å². The minimum Gasteiger partial charge on any atom is -0.405 e. The number of likely N-dealkylation sites (tertiary alicyclic amines) is 2. The molecule has 3 heterocycles. The fourth-order valence-corrected chi connectivity index (χ4v) is 6.89. The van der Waals surface area contributed by atoms with Crippen LogP contribution in [0.15, 0.2) is 67.0 Å². The summed E-state index contributed by atoms with van der Waals surface area (Å²) < 4.78 is 0. The number of amides is 4. The lowest BCUT2D eigenvalue weighted by molar-refractivity contribution is -0.140. The zero-order valence-corrected chi connectivity index (χ0v) is 26.6. The van der Waals surface area contributed by atoms with Crippen LogP contribution in [0.4, 0.5) is 0 Å². The quantitative estimate of drug-likeness (QED) is 0.202. The Morgan fingerprint density at radius 1 is 1.09 bits per heavy atom. The van der Waals surface area contributed by atoms with Crippen molar-refractivity contribution in [3.8, 4) is 0 Å². The molecule has 242 valence electrons. The van der Waals surface area contributed by atoms with E-state index in [1.807, 2.05) is 36.4 Å². The predicted octanol–water partition coefficient (Wildman–Crippen LogP) is 2.64. The molecule has 1 aromatic heterocycles. The molecule has 4 atom stereocenters. The molecule has 0 saturated carbocycles. The van der Waals surface area contributed by atoms with Crippen LogP contribution in [0.3, 0.4) is 0 Å². The number of nitrogens with one attached hydrogen (secondary N) is 4. The van der Waals surface area contributed by atoms with E-state index in [1.54, 1.807) is 35.2 Å². The maximum absolute atomic E-state index is 14.0. The largest absolute Gasteiger partial charge is 0.405 e. The van der Waals surface area contributed by atoms with Gasteiger partial charge in [-0.1, -0.05) is 48.0 Å². The number of hydrogen-bond donors (Lipinski definition) is 5. The summed E-state index contributed by atoms with van der Waals surface area (Å²) in [5, 5.41) is 15.2. The Hall–Kier alpha value is -4.64. The van der Waals surface area contributed by atoms with Crippen LogP contribution in [0.2, 0.25) is 5.02 Å². The van der Waals surface area contributed by atoms with E-state index in [0.717, 1.165) is 34.7 Å². The molecule has 12 heteroatoms. The highest BCUT2D eigenvalue weighted by molar-refractivity contribution is 6.42. The number of piperidine rings is 1. The number of aromatic nitrogens is 1. The Bertz CT molecular complexity index is 1640. The van der Waals surface area contributed by atoms with E-state index < -0.39 is 17.9 Å². The number of fused-ring (bicyclic) bond motifs is 2. The number of carbonyl (C=O) groups excluding carboxylic acids is 4. The van der Waals surface area contributed by atoms with Crippen LogP contribution in [-0.2, 0) is 32.0 Å². The molecule has 46 heavy (non-hydrogen) atoms. The fourth-order valence-electron chi connectivity index (χ4n) is 6.72. The Morgan fingerprint density at radius 2 is 1.85 bits per heavy atom. The number of H-pyrrole nitrogens is 1. The normalized spacial score (nSPS) is 20.0. The highest BCUT2D eigenvalue weighted by atomic mass is 35.5. The molecule has 11 nitrogen and oxygen atoms in total. The third-order valence-electron chi connectivity index (χ3n) is 9.10. The van der Waals surface area contributed by atoms with Gasteiger partial charge in [-0.25, -0.2) is 0 Å². The first kappa shape index (κ1) is 32.7. The van der Waals surface area contributed by atoms with Gasteiger partial charge in [-0.05, 0) is 66.6 Å². The van der Waals surface area contributed by atoms with Crippen LogP contribution in [0.25, 0.3) is 10.9 Å². The fraction of sp³-hybridized carbons (Fsp3) is 0.382. The summed E-state index contributed by atoms with van der Waals surface area (Å²) in [7, 11) is 1.54.